The van der Waals surface area contributed by atoms with Gasteiger partial charge in [-0.3, -0.25) is 0 Å². The lowest BCUT2D eigenvalue weighted by molar-refractivity contribution is 0.161. The molecule has 5 heteroatoms. The Hall–Kier alpha value is -0.940. The van der Waals surface area contributed by atoms with E-state index in [4.69, 9.17) is 9.26 Å². The summed E-state index contributed by atoms with van der Waals surface area (Å²) in [5, 5.41) is 7.46. The van der Waals surface area contributed by atoms with Gasteiger partial charge in [0.05, 0.1) is 6.61 Å². The van der Waals surface area contributed by atoms with E-state index in [9.17, 15) is 0 Å². The lowest BCUT2D eigenvalue weighted by atomic mass is 9.92. The number of rotatable bonds is 8. The van der Waals surface area contributed by atoms with Gasteiger partial charge in [-0.15, -0.1) is 0 Å². The van der Waals surface area contributed by atoms with Gasteiger partial charge in [0, 0.05) is 26.0 Å². The molecule has 1 rings (SSSR count). The molecule has 1 heterocycles. The summed E-state index contributed by atoms with van der Waals surface area (Å²) in [6.45, 7) is 10.3. The van der Waals surface area contributed by atoms with Crippen LogP contribution in [0.15, 0.2) is 4.52 Å². The van der Waals surface area contributed by atoms with Gasteiger partial charge in [0.1, 0.15) is 0 Å². The topological polar surface area (TPSA) is 60.2 Å². The van der Waals surface area contributed by atoms with Gasteiger partial charge in [0.2, 0.25) is 5.89 Å². The van der Waals surface area contributed by atoms with Crippen LogP contribution in [0.5, 0.6) is 0 Å². The molecule has 1 aromatic rings. The first-order valence-corrected chi connectivity index (χ1v) is 6.98. The van der Waals surface area contributed by atoms with Gasteiger partial charge >= 0.3 is 0 Å². The van der Waals surface area contributed by atoms with E-state index in [1.165, 1.54) is 0 Å². The smallest absolute Gasteiger partial charge is 0.228 e. The zero-order valence-electron chi connectivity index (χ0n) is 12.8. The first-order chi connectivity index (χ1) is 8.94. The molecule has 0 aromatic carbocycles. The molecule has 0 aliphatic carbocycles. The third-order valence-electron chi connectivity index (χ3n) is 2.67. The average Bonchev–Trinajstić information content (AvgIpc) is 2.71. The first kappa shape index (κ1) is 16.1. The molecule has 0 radical (unpaired) electrons. The average molecular weight is 269 g/mol. The molecule has 0 aliphatic rings. The highest BCUT2D eigenvalue weighted by Gasteiger charge is 2.18. The van der Waals surface area contributed by atoms with E-state index in [0.29, 0.717) is 18.9 Å². The summed E-state index contributed by atoms with van der Waals surface area (Å²) in [5.41, 5.74) is 0.174. The number of methoxy groups -OCH3 is 1. The van der Waals surface area contributed by atoms with E-state index in [2.05, 4.69) is 43.2 Å². The molecule has 1 unspecified atom stereocenters. The summed E-state index contributed by atoms with van der Waals surface area (Å²) in [4.78, 5) is 4.45. The number of ether oxygens (including phenoxy) is 1. The van der Waals surface area contributed by atoms with Crippen molar-refractivity contribution in [3.05, 3.63) is 11.7 Å². The van der Waals surface area contributed by atoms with E-state index < -0.39 is 0 Å². The zero-order valence-corrected chi connectivity index (χ0v) is 12.8. The molecule has 0 fully saturated rings. The molecule has 5 nitrogen and oxygen atoms in total. The monoisotopic (exact) mass is 269 g/mol. The minimum atomic E-state index is 0.174. The first-order valence-electron chi connectivity index (χ1n) is 6.98. The molecular formula is C14H27N3O2. The van der Waals surface area contributed by atoms with Crippen molar-refractivity contribution in [2.45, 2.75) is 53.0 Å². The summed E-state index contributed by atoms with van der Waals surface area (Å²) in [7, 11) is 1.71. The van der Waals surface area contributed by atoms with Crippen LogP contribution in [0.2, 0.25) is 0 Å². The minimum absolute atomic E-state index is 0.174. The highest BCUT2D eigenvalue weighted by molar-refractivity contribution is 4.92. The molecule has 0 saturated carbocycles. The van der Waals surface area contributed by atoms with Gasteiger partial charge in [-0.05, 0) is 18.4 Å². The molecule has 0 bridgehead atoms. The maximum atomic E-state index is 5.31. The fraction of sp³-hybridized carbons (Fsp3) is 0.857. The van der Waals surface area contributed by atoms with E-state index >= 15 is 0 Å². The Morgan fingerprint density at radius 2 is 2.11 bits per heavy atom. The Kier molecular flexibility index (Phi) is 6.45. The third-order valence-corrected chi connectivity index (χ3v) is 2.67. The summed E-state index contributed by atoms with van der Waals surface area (Å²) in [6.07, 6.45) is 2.64. The van der Waals surface area contributed by atoms with Crippen LogP contribution < -0.4 is 5.32 Å². The molecule has 19 heavy (non-hydrogen) atoms. The molecule has 1 aromatic heterocycles. The second-order valence-corrected chi connectivity index (χ2v) is 6.15. The van der Waals surface area contributed by atoms with Crippen molar-refractivity contribution in [1.29, 1.82) is 0 Å². The van der Waals surface area contributed by atoms with Crippen LogP contribution >= 0.6 is 0 Å². The summed E-state index contributed by atoms with van der Waals surface area (Å²) in [5.74, 6) is 1.47. The van der Waals surface area contributed by atoms with Crippen molar-refractivity contribution in [3.8, 4) is 0 Å². The van der Waals surface area contributed by atoms with Crippen molar-refractivity contribution in [3.63, 3.8) is 0 Å². The van der Waals surface area contributed by atoms with Crippen LogP contribution in [0, 0.1) is 5.41 Å². The Bertz CT molecular complexity index is 358. The van der Waals surface area contributed by atoms with Crippen LogP contribution in [0.25, 0.3) is 0 Å². The SMILES string of the molecule is CCCNC(COC)Cc1nc(CC(C)(C)C)no1. The lowest BCUT2D eigenvalue weighted by Gasteiger charge is -2.15. The molecule has 0 aliphatic heterocycles. The summed E-state index contributed by atoms with van der Waals surface area (Å²) < 4.78 is 10.5. The molecule has 1 N–H and O–H groups in total. The van der Waals surface area contributed by atoms with Crippen molar-refractivity contribution in [1.82, 2.24) is 15.5 Å². The number of nitrogens with zero attached hydrogens (tertiary/aromatic N) is 2. The summed E-state index contributed by atoms with van der Waals surface area (Å²) >= 11 is 0. The standard InChI is InChI=1S/C14H27N3O2/c1-6-7-15-11(10-18-5)8-13-16-12(17-19-13)9-14(2,3)4/h11,15H,6-10H2,1-5H3. The van der Waals surface area contributed by atoms with Crippen molar-refractivity contribution in [2.75, 3.05) is 20.3 Å². The Balaban J connectivity index is 2.54. The Morgan fingerprint density at radius 3 is 2.68 bits per heavy atom. The normalized spacial score (nSPS) is 13.7. The fourth-order valence-electron chi connectivity index (χ4n) is 1.87. The molecular weight excluding hydrogens is 242 g/mol. The lowest BCUT2D eigenvalue weighted by Crippen LogP contribution is -2.35. The third kappa shape index (κ3) is 6.68. The van der Waals surface area contributed by atoms with Crippen LogP contribution in [0.4, 0.5) is 0 Å². The maximum Gasteiger partial charge on any atom is 0.228 e. The van der Waals surface area contributed by atoms with Crippen LogP contribution in [0.3, 0.4) is 0 Å². The quantitative estimate of drug-likeness (QED) is 0.784. The van der Waals surface area contributed by atoms with Gasteiger partial charge in [0.15, 0.2) is 5.82 Å². The van der Waals surface area contributed by atoms with Crippen molar-refractivity contribution < 1.29 is 9.26 Å². The number of hydrogen-bond acceptors (Lipinski definition) is 5. The Morgan fingerprint density at radius 1 is 1.37 bits per heavy atom. The van der Waals surface area contributed by atoms with Crippen LogP contribution in [0.1, 0.15) is 45.8 Å². The van der Waals surface area contributed by atoms with Gasteiger partial charge in [0.25, 0.3) is 0 Å². The largest absolute Gasteiger partial charge is 0.383 e. The highest BCUT2D eigenvalue weighted by Crippen LogP contribution is 2.18. The van der Waals surface area contributed by atoms with Crippen LogP contribution in [-0.2, 0) is 17.6 Å². The van der Waals surface area contributed by atoms with Gasteiger partial charge < -0.3 is 14.6 Å². The molecule has 1 atom stereocenters. The molecule has 110 valence electrons. The van der Waals surface area contributed by atoms with E-state index in [1.54, 1.807) is 7.11 Å². The summed E-state index contributed by atoms with van der Waals surface area (Å²) in [6, 6.07) is 0.230. The predicted octanol–water partition coefficient (Wildman–Crippen LogP) is 2.22. The van der Waals surface area contributed by atoms with E-state index in [0.717, 1.165) is 25.2 Å². The maximum absolute atomic E-state index is 5.31. The van der Waals surface area contributed by atoms with Gasteiger partial charge in [-0.2, -0.15) is 4.98 Å². The van der Waals surface area contributed by atoms with Gasteiger partial charge in [-0.1, -0.05) is 32.9 Å². The van der Waals surface area contributed by atoms with Crippen molar-refractivity contribution in [2.24, 2.45) is 5.41 Å². The number of aromatic nitrogens is 2. The zero-order chi connectivity index (χ0) is 14.3. The molecule has 0 spiro atoms. The van der Waals surface area contributed by atoms with E-state index in [-0.39, 0.29) is 11.5 Å². The molecule has 0 saturated heterocycles. The van der Waals surface area contributed by atoms with E-state index in [1.807, 2.05) is 0 Å². The second kappa shape index (κ2) is 7.60. The number of nitrogens with one attached hydrogen (secondary N) is 1. The number of hydrogen-bond donors (Lipinski definition) is 1. The predicted molar refractivity (Wildman–Crippen MR) is 75.1 cm³/mol. The fourth-order valence-corrected chi connectivity index (χ4v) is 1.87. The van der Waals surface area contributed by atoms with Crippen molar-refractivity contribution >= 4 is 0 Å². The molecule has 0 amide bonds. The Labute approximate surface area is 116 Å². The van der Waals surface area contributed by atoms with Gasteiger partial charge in [-0.25, -0.2) is 0 Å². The highest BCUT2D eigenvalue weighted by atomic mass is 16.5. The minimum Gasteiger partial charge on any atom is -0.383 e. The van der Waals surface area contributed by atoms with Crippen LogP contribution in [-0.4, -0.2) is 36.4 Å². The second-order valence-electron chi connectivity index (χ2n) is 6.15.